The third kappa shape index (κ3) is 2.55. The van der Waals surface area contributed by atoms with E-state index in [1.54, 1.807) is 16.8 Å². The molecule has 0 spiro atoms. The number of fused-ring (bicyclic) bond motifs is 3. The number of aryl methyl sites for hydroxylation is 1. The summed E-state index contributed by atoms with van der Waals surface area (Å²) in [5, 5.41) is 1.37. The lowest BCUT2D eigenvalue weighted by atomic mass is 9.89. The lowest BCUT2D eigenvalue weighted by Crippen LogP contribution is -2.26. The quantitative estimate of drug-likeness (QED) is 0.800. The highest BCUT2D eigenvalue weighted by molar-refractivity contribution is 7.99. The molecule has 0 saturated carbocycles. The number of aromatic nitrogens is 2. The van der Waals surface area contributed by atoms with E-state index in [0.29, 0.717) is 0 Å². The van der Waals surface area contributed by atoms with Crippen molar-refractivity contribution in [2.45, 2.75) is 32.6 Å². The average molecular weight is 319 g/mol. The van der Waals surface area contributed by atoms with Gasteiger partial charge in [0.15, 0.2) is 0 Å². The van der Waals surface area contributed by atoms with Gasteiger partial charge in [-0.25, -0.2) is 9.97 Å². The fourth-order valence-electron chi connectivity index (χ4n) is 3.46. The highest BCUT2D eigenvalue weighted by atomic mass is 32.2. The summed E-state index contributed by atoms with van der Waals surface area (Å²) in [6.45, 7) is 4.63. The summed E-state index contributed by atoms with van der Waals surface area (Å²) in [5.41, 5.74) is 1.56. The Balaban J connectivity index is 1.81. The van der Waals surface area contributed by atoms with Gasteiger partial charge in [0.05, 0.1) is 5.39 Å². The Hall–Kier alpha value is -0.810. The van der Waals surface area contributed by atoms with Gasteiger partial charge in [-0.1, -0.05) is 6.92 Å². The molecule has 112 valence electrons. The minimum Gasteiger partial charge on any atom is -0.355 e. The minimum absolute atomic E-state index is 0.816. The molecule has 3 heterocycles. The maximum absolute atomic E-state index is 4.68. The standard InChI is InChI=1S/C16H21N3S2/c1-11-3-4-12-13(9-11)21-16-14(12)15(17-10-18-16)19-5-2-7-20-8-6-19/h10-11H,2-9H2,1H3/t11-/m1/s1. The lowest BCUT2D eigenvalue weighted by molar-refractivity contribution is 0.509. The smallest absolute Gasteiger partial charge is 0.141 e. The minimum atomic E-state index is 0.816. The lowest BCUT2D eigenvalue weighted by Gasteiger charge is -2.23. The van der Waals surface area contributed by atoms with E-state index >= 15 is 0 Å². The average Bonchev–Trinajstić information content (AvgIpc) is 2.68. The Bertz CT molecular complexity index is 644. The fourth-order valence-corrected chi connectivity index (χ4v) is 5.69. The van der Waals surface area contributed by atoms with Crippen molar-refractivity contribution in [3.05, 3.63) is 16.8 Å². The van der Waals surface area contributed by atoms with E-state index < -0.39 is 0 Å². The zero-order chi connectivity index (χ0) is 14.2. The Labute approximate surface area is 134 Å². The third-order valence-electron chi connectivity index (χ3n) is 4.59. The van der Waals surface area contributed by atoms with Gasteiger partial charge in [-0.15, -0.1) is 11.3 Å². The van der Waals surface area contributed by atoms with Gasteiger partial charge in [0, 0.05) is 23.7 Å². The number of nitrogens with zero attached hydrogens (tertiary/aromatic N) is 3. The molecule has 3 nitrogen and oxygen atoms in total. The van der Waals surface area contributed by atoms with Crippen LogP contribution in [-0.4, -0.2) is 34.6 Å². The van der Waals surface area contributed by atoms with Crippen LogP contribution in [0.5, 0.6) is 0 Å². The molecule has 5 heteroatoms. The van der Waals surface area contributed by atoms with E-state index in [1.165, 1.54) is 53.2 Å². The van der Waals surface area contributed by atoms with Crippen LogP contribution < -0.4 is 4.90 Å². The second-order valence-corrected chi connectivity index (χ2v) is 8.49. The molecule has 21 heavy (non-hydrogen) atoms. The Morgan fingerprint density at radius 1 is 1.24 bits per heavy atom. The van der Waals surface area contributed by atoms with Gasteiger partial charge < -0.3 is 4.90 Å². The summed E-state index contributed by atoms with van der Waals surface area (Å²) in [7, 11) is 0. The summed E-state index contributed by atoms with van der Waals surface area (Å²) < 4.78 is 0. The van der Waals surface area contributed by atoms with Gasteiger partial charge in [-0.3, -0.25) is 0 Å². The van der Waals surface area contributed by atoms with E-state index in [-0.39, 0.29) is 0 Å². The fraction of sp³-hybridized carbons (Fsp3) is 0.625. The molecular formula is C16H21N3S2. The van der Waals surface area contributed by atoms with Crippen molar-refractivity contribution >= 4 is 39.1 Å². The maximum atomic E-state index is 4.68. The van der Waals surface area contributed by atoms with Crippen LogP contribution in [0, 0.1) is 5.92 Å². The highest BCUT2D eigenvalue weighted by Crippen LogP contribution is 2.40. The molecule has 0 unspecified atom stereocenters. The van der Waals surface area contributed by atoms with Crippen LogP contribution in [0.15, 0.2) is 6.33 Å². The van der Waals surface area contributed by atoms with Gasteiger partial charge >= 0.3 is 0 Å². The first-order valence-corrected chi connectivity index (χ1v) is 9.88. The van der Waals surface area contributed by atoms with Crippen molar-refractivity contribution in [1.29, 1.82) is 0 Å². The zero-order valence-corrected chi connectivity index (χ0v) is 14.1. The summed E-state index contributed by atoms with van der Waals surface area (Å²) in [5.74, 6) is 4.52. The largest absolute Gasteiger partial charge is 0.355 e. The summed E-state index contributed by atoms with van der Waals surface area (Å²) in [6, 6.07) is 0. The first-order chi connectivity index (χ1) is 10.3. The van der Waals surface area contributed by atoms with Crippen molar-refractivity contribution in [2.24, 2.45) is 5.92 Å². The van der Waals surface area contributed by atoms with Gasteiger partial charge in [0.25, 0.3) is 0 Å². The van der Waals surface area contributed by atoms with Crippen LogP contribution >= 0.6 is 23.1 Å². The molecule has 0 N–H and O–H groups in total. The van der Waals surface area contributed by atoms with Crippen LogP contribution in [-0.2, 0) is 12.8 Å². The number of thiophene rings is 1. The Morgan fingerprint density at radius 2 is 2.19 bits per heavy atom. The number of hydrogen-bond donors (Lipinski definition) is 0. The van der Waals surface area contributed by atoms with E-state index in [1.807, 2.05) is 11.3 Å². The van der Waals surface area contributed by atoms with Gasteiger partial charge in [-0.2, -0.15) is 11.8 Å². The van der Waals surface area contributed by atoms with Crippen molar-refractivity contribution in [2.75, 3.05) is 29.5 Å². The third-order valence-corrected chi connectivity index (χ3v) is 6.80. The molecule has 1 atom stereocenters. The molecule has 2 aromatic rings. The van der Waals surface area contributed by atoms with E-state index in [0.717, 1.165) is 19.0 Å². The van der Waals surface area contributed by atoms with Gasteiger partial charge in [-0.05, 0) is 42.9 Å². The summed E-state index contributed by atoms with van der Waals surface area (Å²) >= 11 is 3.97. The Morgan fingerprint density at radius 3 is 3.14 bits per heavy atom. The number of thioether (sulfide) groups is 1. The summed E-state index contributed by atoms with van der Waals surface area (Å²) in [6.07, 6.45) is 6.77. The van der Waals surface area contributed by atoms with Crippen LogP contribution in [0.4, 0.5) is 5.82 Å². The van der Waals surface area contributed by atoms with Crippen LogP contribution in [0.25, 0.3) is 10.2 Å². The van der Waals surface area contributed by atoms with Gasteiger partial charge in [0.1, 0.15) is 17.0 Å². The molecule has 2 aliphatic rings. The SMILES string of the molecule is C[C@@H]1CCc2c(sc3ncnc(N4CCCSCC4)c23)C1. The predicted molar refractivity (Wildman–Crippen MR) is 92.8 cm³/mol. The highest BCUT2D eigenvalue weighted by Gasteiger charge is 2.25. The Kier molecular flexibility index (Phi) is 3.79. The van der Waals surface area contributed by atoms with E-state index in [2.05, 4.69) is 33.6 Å². The second kappa shape index (κ2) is 5.76. The molecule has 4 rings (SSSR count). The molecule has 0 amide bonds. The van der Waals surface area contributed by atoms with Crippen molar-refractivity contribution in [1.82, 2.24) is 9.97 Å². The first kappa shape index (κ1) is 13.8. The second-order valence-electron chi connectivity index (χ2n) is 6.18. The topological polar surface area (TPSA) is 29.0 Å². The molecule has 1 fully saturated rings. The molecule has 0 bridgehead atoms. The van der Waals surface area contributed by atoms with E-state index in [9.17, 15) is 0 Å². The molecular weight excluding hydrogens is 298 g/mol. The predicted octanol–water partition coefficient (Wildman–Crippen LogP) is 3.76. The maximum Gasteiger partial charge on any atom is 0.141 e. The molecule has 1 aliphatic carbocycles. The zero-order valence-electron chi connectivity index (χ0n) is 12.5. The number of rotatable bonds is 1. The number of hydrogen-bond acceptors (Lipinski definition) is 5. The molecule has 1 aliphatic heterocycles. The van der Waals surface area contributed by atoms with Crippen molar-refractivity contribution in [3.63, 3.8) is 0 Å². The normalized spacial score (nSPS) is 23.1. The molecule has 0 aromatic carbocycles. The van der Waals surface area contributed by atoms with Crippen LogP contribution in [0.3, 0.4) is 0 Å². The van der Waals surface area contributed by atoms with Crippen LogP contribution in [0.1, 0.15) is 30.2 Å². The van der Waals surface area contributed by atoms with Gasteiger partial charge in [0.2, 0.25) is 0 Å². The first-order valence-electron chi connectivity index (χ1n) is 7.91. The molecule has 0 radical (unpaired) electrons. The number of anilines is 1. The van der Waals surface area contributed by atoms with Crippen molar-refractivity contribution < 1.29 is 0 Å². The summed E-state index contributed by atoms with van der Waals surface area (Å²) in [4.78, 5) is 14.5. The molecule has 2 aromatic heterocycles. The van der Waals surface area contributed by atoms with Crippen LogP contribution in [0.2, 0.25) is 0 Å². The van der Waals surface area contributed by atoms with E-state index in [4.69, 9.17) is 0 Å². The van der Waals surface area contributed by atoms with Crippen molar-refractivity contribution in [3.8, 4) is 0 Å². The molecule has 1 saturated heterocycles. The monoisotopic (exact) mass is 319 g/mol.